The lowest BCUT2D eigenvalue weighted by Crippen LogP contribution is -2.65. The number of nitrogens with one attached hydrogen (secondary N) is 3. The van der Waals surface area contributed by atoms with Crippen molar-refractivity contribution in [1.82, 2.24) is 16.0 Å². The summed E-state index contributed by atoms with van der Waals surface area (Å²) in [4.78, 5) is 10.7. The Kier molecular flexibility index (Phi) is 4.25. The molecule has 1 atom stereocenters. The van der Waals surface area contributed by atoms with Gasteiger partial charge < -0.3 is 5.32 Å². The van der Waals surface area contributed by atoms with Gasteiger partial charge in [0.25, 0.3) is 0 Å². The van der Waals surface area contributed by atoms with E-state index in [4.69, 9.17) is 0 Å². The monoisotopic (exact) mass is 159 g/mol. The van der Waals surface area contributed by atoms with Crippen LogP contribution < -0.4 is 16.0 Å². The van der Waals surface area contributed by atoms with Crippen LogP contribution in [0.1, 0.15) is 6.92 Å². The maximum atomic E-state index is 10.7. The van der Waals surface area contributed by atoms with Crippen LogP contribution in [-0.4, -0.2) is 39.1 Å². The molecule has 0 aliphatic rings. The lowest BCUT2D eigenvalue weighted by molar-refractivity contribution is -0.115. The van der Waals surface area contributed by atoms with Crippen molar-refractivity contribution in [1.29, 1.82) is 0 Å². The minimum Gasteiger partial charge on any atom is -0.314 e. The fourth-order valence-electron chi connectivity index (χ4n) is 1.01. The van der Waals surface area contributed by atoms with E-state index in [1.807, 2.05) is 14.0 Å². The van der Waals surface area contributed by atoms with Gasteiger partial charge in [0.2, 0.25) is 0 Å². The molecule has 0 aromatic rings. The van der Waals surface area contributed by atoms with Gasteiger partial charge in [0.05, 0.1) is 0 Å². The smallest absolute Gasteiger partial charge is 0.156 e. The highest BCUT2D eigenvalue weighted by Gasteiger charge is 2.31. The molecule has 0 saturated carbocycles. The van der Waals surface area contributed by atoms with Gasteiger partial charge in [-0.1, -0.05) is 0 Å². The van der Waals surface area contributed by atoms with Gasteiger partial charge in [-0.25, -0.2) is 0 Å². The van der Waals surface area contributed by atoms with Crippen molar-refractivity contribution in [3.05, 3.63) is 0 Å². The van der Waals surface area contributed by atoms with Crippen LogP contribution in [0.25, 0.3) is 0 Å². The highest BCUT2D eigenvalue weighted by Crippen LogP contribution is 2.00. The topological polar surface area (TPSA) is 53.2 Å². The Labute approximate surface area is 67.7 Å². The highest BCUT2D eigenvalue weighted by molar-refractivity contribution is 5.64. The van der Waals surface area contributed by atoms with E-state index in [1.54, 1.807) is 14.1 Å². The Morgan fingerprint density at radius 3 is 1.82 bits per heavy atom. The van der Waals surface area contributed by atoms with Gasteiger partial charge in [-0.05, 0) is 28.1 Å². The zero-order valence-corrected chi connectivity index (χ0v) is 7.56. The van der Waals surface area contributed by atoms with E-state index in [2.05, 4.69) is 16.0 Å². The van der Waals surface area contributed by atoms with E-state index in [1.165, 1.54) is 0 Å². The van der Waals surface area contributed by atoms with Crippen LogP contribution in [0.3, 0.4) is 0 Å². The molecule has 0 fully saturated rings. The van der Waals surface area contributed by atoms with Gasteiger partial charge in [-0.3, -0.25) is 15.4 Å². The van der Waals surface area contributed by atoms with Crippen molar-refractivity contribution >= 4 is 6.29 Å². The number of hydrogen-bond donors (Lipinski definition) is 3. The molecule has 66 valence electrons. The number of likely N-dealkylation sites (N-methyl/N-ethyl adjacent to an activating group) is 3. The minimum atomic E-state index is -0.658. The molecule has 0 aliphatic carbocycles. The van der Waals surface area contributed by atoms with Gasteiger partial charge in [0.1, 0.15) is 5.66 Å². The number of rotatable bonds is 5. The Bertz CT molecular complexity index is 123. The lowest BCUT2D eigenvalue weighted by Gasteiger charge is -2.33. The predicted octanol–water partition coefficient (Wildman–Crippen LogP) is -1.07. The van der Waals surface area contributed by atoms with Crippen molar-refractivity contribution in [3.63, 3.8) is 0 Å². The molecule has 0 spiro atoms. The van der Waals surface area contributed by atoms with Gasteiger partial charge in [0.15, 0.2) is 6.29 Å². The molecule has 0 bridgehead atoms. The van der Waals surface area contributed by atoms with Crippen LogP contribution in [0, 0.1) is 0 Å². The fraction of sp³-hybridized carbons (Fsp3) is 0.857. The van der Waals surface area contributed by atoms with Crippen LogP contribution >= 0.6 is 0 Å². The standard InChI is InChI=1S/C7H17N3O/c1-6(8-2)7(5-11,9-3)10-4/h5-6,8-10H,1-4H3. The SMILES string of the molecule is CNC(C)C(C=O)(NC)NC. The first-order valence-electron chi connectivity index (χ1n) is 3.68. The summed E-state index contributed by atoms with van der Waals surface area (Å²) in [5, 5.41) is 8.85. The summed E-state index contributed by atoms with van der Waals surface area (Å²) < 4.78 is 0. The Morgan fingerprint density at radius 2 is 1.73 bits per heavy atom. The van der Waals surface area contributed by atoms with Gasteiger partial charge >= 0.3 is 0 Å². The van der Waals surface area contributed by atoms with Crippen LogP contribution in [0.5, 0.6) is 0 Å². The summed E-state index contributed by atoms with van der Waals surface area (Å²) in [6, 6.07) is 0.0509. The number of carbonyl (C=O) groups excluding carboxylic acids is 1. The van der Waals surface area contributed by atoms with Crippen molar-refractivity contribution in [2.24, 2.45) is 0 Å². The van der Waals surface area contributed by atoms with Crippen molar-refractivity contribution < 1.29 is 4.79 Å². The Morgan fingerprint density at radius 1 is 1.27 bits per heavy atom. The van der Waals surface area contributed by atoms with E-state index in [9.17, 15) is 4.79 Å². The summed E-state index contributed by atoms with van der Waals surface area (Å²) in [7, 11) is 5.31. The van der Waals surface area contributed by atoms with Gasteiger partial charge in [0, 0.05) is 6.04 Å². The summed E-state index contributed by atoms with van der Waals surface area (Å²) in [5.74, 6) is 0. The molecule has 0 aliphatic heterocycles. The zero-order chi connectivity index (χ0) is 8.91. The molecule has 0 aromatic carbocycles. The van der Waals surface area contributed by atoms with Crippen molar-refractivity contribution in [2.45, 2.75) is 18.6 Å². The van der Waals surface area contributed by atoms with E-state index in [-0.39, 0.29) is 6.04 Å². The first kappa shape index (κ1) is 10.6. The third-order valence-corrected chi connectivity index (χ3v) is 2.13. The van der Waals surface area contributed by atoms with Gasteiger partial charge in [-0.15, -0.1) is 0 Å². The maximum absolute atomic E-state index is 10.7. The molecule has 0 aromatic heterocycles. The van der Waals surface area contributed by atoms with E-state index < -0.39 is 5.66 Å². The molecule has 11 heavy (non-hydrogen) atoms. The minimum absolute atomic E-state index is 0.0509. The first-order chi connectivity index (χ1) is 5.16. The molecule has 4 heteroatoms. The fourth-order valence-corrected chi connectivity index (χ4v) is 1.01. The molecule has 0 rings (SSSR count). The molecule has 0 radical (unpaired) electrons. The largest absolute Gasteiger partial charge is 0.314 e. The summed E-state index contributed by atoms with van der Waals surface area (Å²) in [6.07, 6.45) is 0.869. The molecular formula is C7H17N3O. The summed E-state index contributed by atoms with van der Waals surface area (Å²) in [5.41, 5.74) is -0.658. The third kappa shape index (κ3) is 1.99. The van der Waals surface area contributed by atoms with Gasteiger partial charge in [-0.2, -0.15) is 0 Å². The number of aldehydes is 1. The van der Waals surface area contributed by atoms with E-state index >= 15 is 0 Å². The molecule has 0 heterocycles. The summed E-state index contributed by atoms with van der Waals surface area (Å²) >= 11 is 0. The third-order valence-electron chi connectivity index (χ3n) is 2.13. The van der Waals surface area contributed by atoms with E-state index in [0.717, 1.165) is 6.29 Å². The predicted molar refractivity (Wildman–Crippen MR) is 45.4 cm³/mol. The van der Waals surface area contributed by atoms with Crippen LogP contribution in [0.15, 0.2) is 0 Å². The second-order valence-electron chi connectivity index (χ2n) is 2.50. The molecule has 3 N–H and O–H groups in total. The number of carbonyl (C=O) groups is 1. The zero-order valence-electron chi connectivity index (χ0n) is 7.56. The second-order valence-corrected chi connectivity index (χ2v) is 2.50. The Hall–Kier alpha value is -0.450. The first-order valence-corrected chi connectivity index (χ1v) is 3.68. The maximum Gasteiger partial charge on any atom is 0.156 e. The highest BCUT2D eigenvalue weighted by atomic mass is 16.1. The summed E-state index contributed by atoms with van der Waals surface area (Å²) in [6.45, 7) is 1.93. The Balaban J connectivity index is 4.38. The van der Waals surface area contributed by atoms with Crippen LogP contribution in [-0.2, 0) is 4.79 Å². The van der Waals surface area contributed by atoms with E-state index in [0.29, 0.717) is 0 Å². The van der Waals surface area contributed by atoms with Crippen LogP contribution in [0.4, 0.5) is 0 Å². The van der Waals surface area contributed by atoms with Crippen molar-refractivity contribution in [2.75, 3.05) is 21.1 Å². The number of hydrogen-bond acceptors (Lipinski definition) is 4. The molecular weight excluding hydrogens is 142 g/mol. The molecule has 0 amide bonds. The lowest BCUT2D eigenvalue weighted by atomic mass is 10.0. The molecule has 1 unspecified atom stereocenters. The normalized spacial score (nSPS) is 14.5. The average molecular weight is 159 g/mol. The molecule has 4 nitrogen and oxygen atoms in total. The average Bonchev–Trinajstić information content (AvgIpc) is 2.08. The molecule has 0 saturated heterocycles. The van der Waals surface area contributed by atoms with Crippen molar-refractivity contribution in [3.8, 4) is 0 Å². The second kappa shape index (κ2) is 4.43. The van der Waals surface area contributed by atoms with Crippen LogP contribution in [0.2, 0.25) is 0 Å². The quantitative estimate of drug-likeness (QED) is 0.353.